The van der Waals surface area contributed by atoms with Gasteiger partial charge >= 0.3 is 0 Å². The number of halogens is 2. The number of guanidine groups is 1. The molecule has 1 heterocycles. The lowest BCUT2D eigenvalue weighted by Gasteiger charge is -2.38. The fourth-order valence-electron chi connectivity index (χ4n) is 2.85. The summed E-state index contributed by atoms with van der Waals surface area (Å²) in [6.07, 6.45) is 2.91. The van der Waals surface area contributed by atoms with Crippen LogP contribution < -0.4 is 10.6 Å². The number of benzene rings is 1. The third-order valence-electron chi connectivity index (χ3n) is 4.27. The molecule has 0 aliphatic carbocycles. The summed E-state index contributed by atoms with van der Waals surface area (Å²) in [6.45, 7) is 5.26. The van der Waals surface area contributed by atoms with E-state index in [2.05, 4.69) is 22.5 Å². The lowest BCUT2D eigenvalue weighted by atomic mass is 9.74. The molecule has 1 aliphatic rings. The predicted molar refractivity (Wildman–Crippen MR) is 103 cm³/mol. The highest BCUT2D eigenvalue weighted by molar-refractivity contribution is 14.0. The van der Waals surface area contributed by atoms with Crippen LogP contribution in [0.5, 0.6) is 0 Å². The molecule has 0 amide bonds. The second kappa shape index (κ2) is 10.1. The van der Waals surface area contributed by atoms with E-state index < -0.39 is 0 Å². The fourth-order valence-corrected chi connectivity index (χ4v) is 2.85. The third kappa shape index (κ3) is 5.60. The van der Waals surface area contributed by atoms with Crippen LogP contribution in [0.2, 0.25) is 0 Å². The first-order valence-electron chi connectivity index (χ1n) is 7.98. The molecule has 0 bridgehead atoms. The maximum absolute atomic E-state index is 13.2. The number of nitrogens with one attached hydrogen (secondary N) is 2. The number of aliphatic imine (C=N–C) groups is 1. The standard InChI is InChI=1S/C17H26FN3O.HI/c1-3-10-20-16(19-2)21-13-17(8-11-22-12-9-17)14-4-6-15(18)7-5-14;/h4-7H,3,8-13H2,1-2H3,(H2,19,20,21);1H. The number of rotatable bonds is 5. The van der Waals surface area contributed by atoms with Crippen molar-refractivity contribution >= 4 is 29.9 Å². The lowest BCUT2D eigenvalue weighted by molar-refractivity contribution is 0.0513. The molecule has 2 N–H and O–H groups in total. The highest BCUT2D eigenvalue weighted by Crippen LogP contribution is 2.34. The summed E-state index contributed by atoms with van der Waals surface area (Å²) in [6, 6.07) is 6.86. The second-order valence-corrected chi connectivity index (χ2v) is 5.75. The van der Waals surface area contributed by atoms with Gasteiger partial charge in [0.25, 0.3) is 0 Å². The summed E-state index contributed by atoms with van der Waals surface area (Å²) >= 11 is 0. The Hall–Kier alpha value is -0.890. The van der Waals surface area contributed by atoms with E-state index in [1.807, 2.05) is 12.1 Å². The molecule has 0 atom stereocenters. The van der Waals surface area contributed by atoms with E-state index in [0.29, 0.717) is 0 Å². The second-order valence-electron chi connectivity index (χ2n) is 5.75. The van der Waals surface area contributed by atoms with Gasteiger partial charge in [-0.05, 0) is 37.0 Å². The van der Waals surface area contributed by atoms with Crippen LogP contribution in [0.25, 0.3) is 0 Å². The molecule has 0 saturated carbocycles. The largest absolute Gasteiger partial charge is 0.381 e. The van der Waals surface area contributed by atoms with E-state index in [9.17, 15) is 4.39 Å². The minimum absolute atomic E-state index is 0. The smallest absolute Gasteiger partial charge is 0.191 e. The molecule has 4 nitrogen and oxygen atoms in total. The molecule has 1 aromatic carbocycles. The van der Waals surface area contributed by atoms with E-state index in [1.165, 1.54) is 12.1 Å². The van der Waals surface area contributed by atoms with Gasteiger partial charge in [-0.25, -0.2) is 4.39 Å². The van der Waals surface area contributed by atoms with Gasteiger partial charge in [0.15, 0.2) is 5.96 Å². The van der Waals surface area contributed by atoms with Crippen molar-refractivity contribution in [1.29, 1.82) is 0 Å². The van der Waals surface area contributed by atoms with Gasteiger partial charge in [-0.15, -0.1) is 24.0 Å². The van der Waals surface area contributed by atoms with Gasteiger partial charge in [0.2, 0.25) is 0 Å². The molecule has 1 fully saturated rings. The van der Waals surface area contributed by atoms with Crippen molar-refractivity contribution in [2.45, 2.75) is 31.6 Å². The first-order chi connectivity index (χ1) is 10.7. The van der Waals surface area contributed by atoms with Crippen molar-refractivity contribution in [3.63, 3.8) is 0 Å². The number of hydrogen-bond donors (Lipinski definition) is 2. The van der Waals surface area contributed by atoms with E-state index in [0.717, 1.165) is 57.1 Å². The molecular formula is C17H27FIN3O. The van der Waals surface area contributed by atoms with Crippen LogP contribution in [0, 0.1) is 5.82 Å². The topological polar surface area (TPSA) is 45.7 Å². The Balaban J connectivity index is 0.00000264. The van der Waals surface area contributed by atoms with Crippen molar-refractivity contribution < 1.29 is 9.13 Å². The molecule has 1 aromatic rings. The number of hydrogen-bond acceptors (Lipinski definition) is 2. The zero-order valence-electron chi connectivity index (χ0n) is 13.9. The van der Waals surface area contributed by atoms with Crippen molar-refractivity contribution in [1.82, 2.24) is 10.6 Å². The summed E-state index contributed by atoms with van der Waals surface area (Å²) in [5, 5.41) is 6.70. The van der Waals surface area contributed by atoms with Crippen LogP contribution in [0.15, 0.2) is 29.3 Å². The van der Waals surface area contributed by atoms with Gasteiger partial charge in [0.05, 0.1) is 0 Å². The zero-order valence-corrected chi connectivity index (χ0v) is 16.2. The van der Waals surface area contributed by atoms with Gasteiger partial charge in [-0.2, -0.15) is 0 Å². The maximum Gasteiger partial charge on any atom is 0.191 e. The highest BCUT2D eigenvalue weighted by atomic mass is 127. The SMILES string of the molecule is CCCNC(=NC)NCC1(c2ccc(F)cc2)CCOCC1.I. The predicted octanol–water partition coefficient (Wildman–Crippen LogP) is 3.07. The molecule has 2 rings (SSSR count). The molecule has 130 valence electrons. The van der Waals surface area contributed by atoms with Crippen LogP contribution in [0.4, 0.5) is 4.39 Å². The van der Waals surface area contributed by atoms with E-state index in [4.69, 9.17) is 4.74 Å². The maximum atomic E-state index is 13.2. The van der Waals surface area contributed by atoms with Crippen LogP contribution in [-0.4, -0.2) is 39.3 Å². The van der Waals surface area contributed by atoms with Gasteiger partial charge in [-0.1, -0.05) is 19.1 Å². The third-order valence-corrected chi connectivity index (χ3v) is 4.27. The van der Waals surface area contributed by atoms with Crippen molar-refractivity contribution in [2.24, 2.45) is 4.99 Å². The first-order valence-corrected chi connectivity index (χ1v) is 7.98. The summed E-state index contributed by atoms with van der Waals surface area (Å²) in [5.74, 6) is 0.620. The fraction of sp³-hybridized carbons (Fsp3) is 0.588. The Kier molecular flexibility index (Phi) is 8.83. The molecular weight excluding hydrogens is 408 g/mol. The molecule has 6 heteroatoms. The molecule has 0 unspecified atom stereocenters. The highest BCUT2D eigenvalue weighted by Gasteiger charge is 2.34. The normalized spacial score (nSPS) is 17.3. The summed E-state index contributed by atoms with van der Waals surface area (Å²) in [5.41, 5.74) is 1.13. The monoisotopic (exact) mass is 435 g/mol. The first kappa shape index (κ1) is 20.2. The summed E-state index contributed by atoms with van der Waals surface area (Å²) in [7, 11) is 1.78. The lowest BCUT2D eigenvalue weighted by Crippen LogP contribution is -2.48. The summed E-state index contributed by atoms with van der Waals surface area (Å²) < 4.78 is 18.7. The van der Waals surface area contributed by atoms with Gasteiger partial charge in [-0.3, -0.25) is 4.99 Å². The van der Waals surface area contributed by atoms with E-state index >= 15 is 0 Å². The molecule has 0 spiro atoms. The average Bonchev–Trinajstić information content (AvgIpc) is 2.56. The van der Waals surface area contributed by atoms with E-state index in [1.54, 1.807) is 7.05 Å². The quantitative estimate of drug-likeness (QED) is 0.425. The Bertz CT molecular complexity index is 487. The number of nitrogens with zero attached hydrogens (tertiary/aromatic N) is 1. The van der Waals surface area contributed by atoms with Gasteiger partial charge < -0.3 is 15.4 Å². The minimum atomic E-state index is -0.195. The number of ether oxygens (including phenoxy) is 1. The van der Waals surface area contributed by atoms with Crippen molar-refractivity contribution in [3.05, 3.63) is 35.6 Å². The molecule has 23 heavy (non-hydrogen) atoms. The van der Waals surface area contributed by atoms with Crippen molar-refractivity contribution in [3.8, 4) is 0 Å². The van der Waals surface area contributed by atoms with Crippen LogP contribution in [0.3, 0.4) is 0 Å². The van der Waals surface area contributed by atoms with Crippen LogP contribution >= 0.6 is 24.0 Å². The van der Waals surface area contributed by atoms with Crippen LogP contribution in [-0.2, 0) is 10.2 Å². The molecule has 1 saturated heterocycles. The minimum Gasteiger partial charge on any atom is -0.381 e. The Morgan fingerprint density at radius 1 is 1.22 bits per heavy atom. The Morgan fingerprint density at radius 2 is 1.87 bits per heavy atom. The zero-order chi connectivity index (χ0) is 15.8. The van der Waals surface area contributed by atoms with Gasteiger partial charge in [0, 0.05) is 38.8 Å². The van der Waals surface area contributed by atoms with Crippen molar-refractivity contribution in [2.75, 3.05) is 33.4 Å². The molecule has 0 aromatic heterocycles. The van der Waals surface area contributed by atoms with Crippen LogP contribution in [0.1, 0.15) is 31.7 Å². The van der Waals surface area contributed by atoms with E-state index in [-0.39, 0.29) is 35.2 Å². The Labute approximate surface area is 155 Å². The molecule has 0 radical (unpaired) electrons. The average molecular weight is 435 g/mol. The van der Waals surface area contributed by atoms with Gasteiger partial charge in [0.1, 0.15) is 5.82 Å². The molecule has 1 aliphatic heterocycles. The Morgan fingerprint density at radius 3 is 2.43 bits per heavy atom. The summed E-state index contributed by atoms with van der Waals surface area (Å²) in [4.78, 5) is 4.25.